The van der Waals surface area contributed by atoms with Gasteiger partial charge in [-0.2, -0.15) is 0 Å². The van der Waals surface area contributed by atoms with E-state index in [-0.39, 0.29) is 5.91 Å². The first-order valence-electron chi connectivity index (χ1n) is 4.90. The topological polar surface area (TPSA) is 29.1 Å². The highest BCUT2D eigenvalue weighted by Crippen LogP contribution is 2.20. The lowest BCUT2D eigenvalue weighted by molar-refractivity contribution is -0.120. The molecule has 16 heavy (non-hydrogen) atoms. The van der Waals surface area contributed by atoms with Crippen molar-refractivity contribution in [2.75, 3.05) is 12.4 Å². The van der Waals surface area contributed by atoms with Crippen LogP contribution in [0.25, 0.3) is 0 Å². The van der Waals surface area contributed by atoms with Crippen molar-refractivity contribution in [3.05, 3.63) is 33.8 Å². The summed E-state index contributed by atoms with van der Waals surface area (Å²) in [6, 6.07) is 5.33. The number of carbonyl (C=O) groups excluding carboxylic acids is 1. The Bertz CT molecular complexity index is 368. The van der Waals surface area contributed by atoms with Gasteiger partial charge in [-0.3, -0.25) is 4.79 Å². The van der Waals surface area contributed by atoms with Gasteiger partial charge in [0.25, 0.3) is 0 Å². The Balaban J connectivity index is 2.40. The largest absolute Gasteiger partial charge is 0.356 e. The van der Waals surface area contributed by atoms with Crippen LogP contribution in [0.1, 0.15) is 12.0 Å². The first-order valence-corrected chi connectivity index (χ1v) is 6.19. The summed E-state index contributed by atoms with van der Waals surface area (Å²) in [5.74, 6) is 0.299. The van der Waals surface area contributed by atoms with Crippen LogP contribution in [0, 0.1) is 0 Å². The monoisotopic (exact) mass is 279 g/mol. The smallest absolute Gasteiger partial charge is 0.221 e. The molecule has 88 valence electrons. The maximum Gasteiger partial charge on any atom is 0.221 e. The van der Waals surface area contributed by atoms with Crippen molar-refractivity contribution in [1.82, 2.24) is 5.32 Å². The summed E-state index contributed by atoms with van der Waals surface area (Å²) in [4.78, 5) is 11.1. The Morgan fingerprint density at radius 2 is 2.06 bits per heavy atom. The Hall–Kier alpha value is -0.440. The van der Waals surface area contributed by atoms with Gasteiger partial charge < -0.3 is 5.32 Å². The van der Waals surface area contributed by atoms with Gasteiger partial charge in [0.05, 0.1) is 0 Å². The minimum Gasteiger partial charge on any atom is -0.356 e. The van der Waals surface area contributed by atoms with E-state index in [1.807, 2.05) is 6.07 Å². The second-order valence-electron chi connectivity index (χ2n) is 3.27. The first-order chi connectivity index (χ1) is 7.63. The van der Waals surface area contributed by atoms with E-state index >= 15 is 0 Å². The number of halogens is 3. The van der Waals surface area contributed by atoms with Gasteiger partial charge in [-0.15, -0.1) is 11.6 Å². The van der Waals surface area contributed by atoms with Gasteiger partial charge in [-0.25, -0.2) is 0 Å². The van der Waals surface area contributed by atoms with Crippen LogP contribution in [0.3, 0.4) is 0 Å². The van der Waals surface area contributed by atoms with Crippen LogP contribution in [0.4, 0.5) is 0 Å². The Labute approximate surface area is 110 Å². The number of hydrogen-bond donors (Lipinski definition) is 1. The zero-order chi connectivity index (χ0) is 12.0. The Morgan fingerprint density at radius 1 is 1.31 bits per heavy atom. The van der Waals surface area contributed by atoms with Crippen LogP contribution in [0.5, 0.6) is 0 Å². The molecular formula is C11H12Cl3NO. The zero-order valence-corrected chi connectivity index (χ0v) is 10.9. The molecule has 0 spiro atoms. The maximum absolute atomic E-state index is 11.1. The standard InChI is InChI=1S/C11H12Cl3NO/c12-5-3-11(16)15-6-4-8-1-2-9(13)7-10(8)14/h1-2,7H,3-6H2,(H,15,16). The first kappa shape index (κ1) is 13.6. The molecule has 0 heterocycles. The van der Waals surface area contributed by atoms with E-state index < -0.39 is 0 Å². The van der Waals surface area contributed by atoms with E-state index in [1.165, 1.54) is 0 Å². The van der Waals surface area contributed by atoms with Crippen molar-refractivity contribution < 1.29 is 4.79 Å². The van der Waals surface area contributed by atoms with Crippen LogP contribution < -0.4 is 5.32 Å². The molecular weight excluding hydrogens is 268 g/mol. The van der Waals surface area contributed by atoms with Crippen LogP contribution >= 0.6 is 34.8 Å². The van der Waals surface area contributed by atoms with E-state index in [2.05, 4.69) is 5.32 Å². The SMILES string of the molecule is O=C(CCCl)NCCc1ccc(Cl)cc1Cl. The van der Waals surface area contributed by atoms with Crippen LogP contribution in [-0.4, -0.2) is 18.3 Å². The molecule has 0 unspecified atom stereocenters. The number of carbonyl (C=O) groups is 1. The third-order valence-electron chi connectivity index (χ3n) is 2.05. The molecule has 0 aliphatic rings. The molecule has 1 rings (SSSR count). The minimum atomic E-state index is -0.0416. The van der Waals surface area contributed by atoms with E-state index in [4.69, 9.17) is 34.8 Å². The summed E-state index contributed by atoms with van der Waals surface area (Å²) in [5, 5.41) is 3.99. The lowest BCUT2D eigenvalue weighted by Gasteiger charge is -2.06. The normalized spacial score (nSPS) is 10.2. The van der Waals surface area contributed by atoms with E-state index in [9.17, 15) is 4.79 Å². The molecule has 1 aromatic carbocycles. The third kappa shape index (κ3) is 4.60. The summed E-state index contributed by atoms with van der Waals surface area (Å²) in [6.07, 6.45) is 1.03. The highest BCUT2D eigenvalue weighted by molar-refractivity contribution is 6.35. The van der Waals surface area contributed by atoms with Gasteiger partial charge in [0, 0.05) is 28.9 Å². The Morgan fingerprint density at radius 3 is 2.69 bits per heavy atom. The molecule has 0 saturated heterocycles. The fourth-order valence-electron chi connectivity index (χ4n) is 1.24. The number of rotatable bonds is 5. The third-order valence-corrected chi connectivity index (χ3v) is 2.83. The molecule has 1 aromatic rings. The minimum absolute atomic E-state index is 0.0416. The fourth-order valence-corrected chi connectivity index (χ4v) is 1.91. The average molecular weight is 281 g/mol. The summed E-state index contributed by atoms with van der Waals surface area (Å²) >= 11 is 17.2. The van der Waals surface area contributed by atoms with Crippen LogP contribution in [0.15, 0.2) is 18.2 Å². The molecule has 0 fully saturated rings. The average Bonchev–Trinajstić information content (AvgIpc) is 2.22. The van der Waals surface area contributed by atoms with Gasteiger partial charge in [-0.05, 0) is 24.1 Å². The molecule has 1 N–H and O–H groups in total. The van der Waals surface area contributed by atoms with E-state index in [0.717, 1.165) is 5.56 Å². The molecule has 2 nitrogen and oxygen atoms in total. The second kappa shape index (κ2) is 7.00. The second-order valence-corrected chi connectivity index (χ2v) is 4.50. The summed E-state index contributed by atoms with van der Waals surface area (Å²) in [7, 11) is 0. The van der Waals surface area contributed by atoms with Gasteiger partial charge in [0.1, 0.15) is 0 Å². The van der Waals surface area contributed by atoms with Gasteiger partial charge in [0.2, 0.25) is 5.91 Å². The molecule has 0 atom stereocenters. The highest BCUT2D eigenvalue weighted by atomic mass is 35.5. The van der Waals surface area contributed by atoms with Crippen molar-refractivity contribution in [1.29, 1.82) is 0 Å². The molecule has 0 radical (unpaired) electrons. The van der Waals surface area contributed by atoms with Gasteiger partial charge in [-0.1, -0.05) is 29.3 Å². The van der Waals surface area contributed by atoms with Crippen molar-refractivity contribution in [2.24, 2.45) is 0 Å². The maximum atomic E-state index is 11.1. The molecule has 0 aromatic heterocycles. The molecule has 0 saturated carbocycles. The van der Waals surface area contributed by atoms with Crippen molar-refractivity contribution in [2.45, 2.75) is 12.8 Å². The van der Waals surface area contributed by atoms with E-state index in [1.54, 1.807) is 12.1 Å². The summed E-state index contributed by atoms with van der Waals surface area (Å²) in [6.45, 7) is 0.553. The number of amides is 1. The summed E-state index contributed by atoms with van der Waals surface area (Å²) in [5.41, 5.74) is 0.970. The number of nitrogens with one attached hydrogen (secondary N) is 1. The predicted octanol–water partition coefficient (Wildman–Crippen LogP) is 3.28. The molecule has 0 aliphatic carbocycles. The number of alkyl halides is 1. The highest BCUT2D eigenvalue weighted by Gasteiger charge is 2.03. The zero-order valence-electron chi connectivity index (χ0n) is 8.60. The van der Waals surface area contributed by atoms with Crippen molar-refractivity contribution >= 4 is 40.7 Å². The van der Waals surface area contributed by atoms with Crippen LogP contribution in [-0.2, 0) is 11.2 Å². The molecule has 1 amide bonds. The lowest BCUT2D eigenvalue weighted by atomic mass is 10.1. The Kier molecular flexibility index (Phi) is 5.96. The molecule has 0 bridgehead atoms. The predicted molar refractivity (Wildman–Crippen MR) is 68.5 cm³/mol. The number of hydrogen-bond acceptors (Lipinski definition) is 1. The van der Waals surface area contributed by atoms with Gasteiger partial charge >= 0.3 is 0 Å². The molecule has 0 aliphatic heterocycles. The summed E-state index contributed by atoms with van der Waals surface area (Å²) < 4.78 is 0. The van der Waals surface area contributed by atoms with Gasteiger partial charge in [0.15, 0.2) is 0 Å². The molecule has 5 heteroatoms. The fraction of sp³-hybridized carbons (Fsp3) is 0.364. The van der Waals surface area contributed by atoms with Crippen molar-refractivity contribution in [3.63, 3.8) is 0 Å². The van der Waals surface area contributed by atoms with E-state index in [0.29, 0.717) is 35.3 Å². The lowest BCUT2D eigenvalue weighted by Crippen LogP contribution is -2.25. The quantitative estimate of drug-likeness (QED) is 0.824. The number of benzene rings is 1. The van der Waals surface area contributed by atoms with Crippen molar-refractivity contribution in [3.8, 4) is 0 Å². The van der Waals surface area contributed by atoms with Crippen LogP contribution in [0.2, 0.25) is 10.0 Å².